The zero-order valence-electron chi connectivity index (χ0n) is 15.3. The maximum Gasteiger partial charge on any atom is 2.00 e. The van der Waals surface area contributed by atoms with Gasteiger partial charge in [-0.25, -0.2) is 4.79 Å². The van der Waals surface area contributed by atoms with Gasteiger partial charge in [0.05, 0.1) is 6.04 Å². The first-order chi connectivity index (χ1) is 12.0. The van der Waals surface area contributed by atoms with Gasteiger partial charge in [-0.1, -0.05) is 30.3 Å². The molecule has 0 heterocycles. The summed E-state index contributed by atoms with van der Waals surface area (Å²) < 4.78 is 5.34. The topological polar surface area (TPSA) is 38.3 Å². The minimum atomic E-state index is -0.503. The molecule has 26 heavy (non-hydrogen) atoms. The number of hydrogen-bond acceptors (Lipinski definition) is 2. The molecule has 136 valence electrons. The van der Waals surface area contributed by atoms with Crippen LogP contribution in [-0.2, 0) is 21.8 Å². The Morgan fingerprint density at radius 1 is 0.885 bits per heavy atom. The smallest absolute Gasteiger partial charge is 0.444 e. The molecule has 0 unspecified atom stereocenters. The third-order valence-electron chi connectivity index (χ3n) is 3.37. The van der Waals surface area contributed by atoms with E-state index < -0.39 is 11.7 Å². The molecule has 0 saturated heterocycles. The van der Waals surface area contributed by atoms with Crippen LogP contribution in [-0.4, -0.2) is 11.7 Å². The number of amides is 1. The SMILES string of the molecule is CC(C)(C)OC(=O)N[C@@H]([C]1[CH][CH][CH][CH]1)c1ccccc1.[CH]1[CH][CH][CH][CH]1.[Fe+2]. The molecule has 1 amide bonds. The Morgan fingerprint density at radius 3 is 1.85 bits per heavy atom. The Hall–Kier alpha value is -0.991. The van der Waals surface area contributed by atoms with Gasteiger partial charge in [0.15, 0.2) is 0 Å². The number of nitrogens with one attached hydrogen (secondary N) is 1. The minimum Gasteiger partial charge on any atom is -0.444 e. The Morgan fingerprint density at radius 2 is 1.38 bits per heavy atom. The predicted molar refractivity (Wildman–Crippen MR) is 100 cm³/mol. The van der Waals surface area contributed by atoms with Gasteiger partial charge in [-0.2, -0.15) is 0 Å². The van der Waals surface area contributed by atoms with Crippen LogP contribution in [0.5, 0.6) is 0 Å². The summed E-state index contributed by atoms with van der Waals surface area (Å²) in [7, 11) is 0. The van der Waals surface area contributed by atoms with Gasteiger partial charge in [0, 0.05) is 5.92 Å². The van der Waals surface area contributed by atoms with Gasteiger partial charge in [-0.05, 0) is 84.1 Å². The van der Waals surface area contributed by atoms with Crippen molar-refractivity contribution in [2.45, 2.75) is 32.4 Å². The second kappa shape index (κ2) is 11.7. The summed E-state index contributed by atoms with van der Waals surface area (Å²) in [6, 6.07) is 9.67. The molecular formula is C22H25FeNO2+2. The summed E-state index contributed by atoms with van der Waals surface area (Å²) >= 11 is 0. The van der Waals surface area contributed by atoms with Crippen molar-refractivity contribution in [1.29, 1.82) is 0 Å². The summed E-state index contributed by atoms with van der Waals surface area (Å²) in [5.74, 6) is 1.04. The Labute approximate surface area is 170 Å². The number of carbonyl (C=O) groups is 1. The van der Waals surface area contributed by atoms with Crippen molar-refractivity contribution in [2.75, 3.05) is 0 Å². The van der Waals surface area contributed by atoms with Crippen LogP contribution < -0.4 is 5.32 Å². The predicted octanol–water partition coefficient (Wildman–Crippen LogP) is 4.68. The molecule has 10 radical (unpaired) electrons. The average Bonchev–Trinajstić information content (AvgIpc) is 3.27. The second-order valence-electron chi connectivity index (χ2n) is 6.67. The summed E-state index contributed by atoms with van der Waals surface area (Å²) in [5, 5.41) is 2.93. The molecule has 1 N–H and O–H groups in total. The Bertz CT molecular complexity index is 495. The van der Waals surface area contributed by atoms with Gasteiger partial charge in [0.2, 0.25) is 0 Å². The maximum atomic E-state index is 12.0. The van der Waals surface area contributed by atoms with E-state index in [-0.39, 0.29) is 23.1 Å². The first-order valence-corrected chi connectivity index (χ1v) is 8.38. The molecular weight excluding hydrogens is 366 g/mol. The van der Waals surface area contributed by atoms with E-state index in [2.05, 4.69) is 5.32 Å². The monoisotopic (exact) mass is 391 g/mol. The van der Waals surface area contributed by atoms with Crippen molar-refractivity contribution in [3.63, 3.8) is 0 Å². The van der Waals surface area contributed by atoms with Crippen molar-refractivity contribution in [2.24, 2.45) is 0 Å². The third-order valence-corrected chi connectivity index (χ3v) is 3.37. The molecule has 1 aromatic carbocycles. The number of alkyl carbamates (subject to hydrolysis) is 1. The van der Waals surface area contributed by atoms with E-state index in [1.54, 1.807) is 0 Å². The van der Waals surface area contributed by atoms with Crippen LogP contribution in [0.2, 0.25) is 0 Å². The number of ether oxygens (including phenoxy) is 1. The van der Waals surface area contributed by atoms with Crippen molar-refractivity contribution in [3.05, 3.63) is 99.6 Å². The normalized spacial score (nSPS) is 18.3. The van der Waals surface area contributed by atoms with E-state index in [9.17, 15) is 4.79 Å². The van der Waals surface area contributed by atoms with Crippen LogP contribution in [0.25, 0.3) is 0 Å². The number of benzene rings is 1. The van der Waals surface area contributed by atoms with Crippen molar-refractivity contribution in [1.82, 2.24) is 5.32 Å². The van der Waals surface area contributed by atoms with Gasteiger partial charge in [-0.3, -0.25) is 0 Å². The van der Waals surface area contributed by atoms with Crippen LogP contribution >= 0.6 is 0 Å². The molecule has 3 rings (SSSR count). The molecule has 2 fully saturated rings. The summed E-state index contributed by atoms with van der Waals surface area (Å²) in [6.45, 7) is 5.56. The molecule has 1 aromatic rings. The van der Waals surface area contributed by atoms with Crippen LogP contribution in [0.3, 0.4) is 0 Å². The zero-order chi connectivity index (χ0) is 18.1. The average molecular weight is 391 g/mol. The van der Waals surface area contributed by atoms with Gasteiger partial charge in [0.1, 0.15) is 5.60 Å². The fourth-order valence-electron chi connectivity index (χ4n) is 2.33. The molecule has 2 aliphatic carbocycles. The van der Waals surface area contributed by atoms with Crippen molar-refractivity contribution in [3.8, 4) is 0 Å². The molecule has 2 saturated carbocycles. The largest absolute Gasteiger partial charge is 2.00 e. The molecule has 0 aromatic heterocycles. The minimum absolute atomic E-state index is 0. The van der Waals surface area contributed by atoms with Crippen LogP contribution in [0.15, 0.2) is 30.3 Å². The van der Waals surface area contributed by atoms with E-state index in [0.717, 1.165) is 11.5 Å². The summed E-state index contributed by atoms with van der Waals surface area (Å²) in [6.07, 6.45) is 17.5. The van der Waals surface area contributed by atoms with E-state index in [1.807, 2.05) is 109 Å². The molecule has 1 atom stereocenters. The third kappa shape index (κ3) is 8.60. The first-order valence-electron chi connectivity index (χ1n) is 8.38. The number of rotatable bonds is 3. The maximum absolute atomic E-state index is 12.0. The number of carbonyl (C=O) groups excluding carboxylic acids is 1. The first kappa shape index (κ1) is 23.0. The fraction of sp³-hybridized carbons (Fsp3) is 0.227. The van der Waals surface area contributed by atoms with E-state index >= 15 is 0 Å². The standard InChI is InChI=1S/C17H20NO2.C5H5.Fe/c1-17(2,3)20-16(19)18-15(14-11-7-8-12-14)13-9-5-4-6-10-13;1-2-4-5-3-1;/h4-12,15H,1-3H3,(H,18,19);1-5H;/q;;+2/t15-;;/m1../s1. The van der Waals surface area contributed by atoms with Crippen molar-refractivity contribution >= 4 is 6.09 Å². The summed E-state index contributed by atoms with van der Waals surface area (Å²) in [4.78, 5) is 12.0. The molecule has 0 bridgehead atoms. The van der Waals surface area contributed by atoms with Crippen molar-refractivity contribution < 1.29 is 26.6 Å². The fourth-order valence-corrected chi connectivity index (χ4v) is 2.33. The Balaban J connectivity index is 0.000000486. The van der Waals surface area contributed by atoms with Gasteiger partial charge in [-0.15, -0.1) is 0 Å². The van der Waals surface area contributed by atoms with Gasteiger partial charge < -0.3 is 10.1 Å². The molecule has 3 nitrogen and oxygen atoms in total. The van der Waals surface area contributed by atoms with E-state index in [1.165, 1.54) is 0 Å². The zero-order valence-corrected chi connectivity index (χ0v) is 16.4. The molecule has 4 heteroatoms. The molecule has 0 spiro atoms. The van der Waals surface area contributed by atoms with Crippen LogP contribution in [0, 0.1) is 63.7 Å². The van der Waals surface area contributed by atoms with Gasteiger partial charge >= 0.3 is 23.2 Å². The van der Waals surface area contributed by atoms with E-state index in [0.29, 0.717) is 0 Å². The molecule has 2 aliphatic rings. The quantitative estimate of drug-likeness (QED) is 0.761. The van der Waals surface area contributed by atoms with Crippen LogP contribution in [0.1, 0.15) is 32.4 Å². The van der Waals surface area contributed by atoms with E-state index in [4.69, 9.17) is 4.74 Å². The van der Waals surface area contributed by atoms with Gasteiger partial charge in [0.25, 0.3) is 0 Å². The van der Waals surface area contributed by atoms with Crippen LogP contribution in [0.4, 0.5) is 4.79 Å². The number of hydrogen-bond donors (Lipinski definition) is 1. The molecule has 0 aliphatic heterocycles. The Kier molecular flexibility index (Phi) is 10.3. The summed E-state index contributed by atoms with van der Waals surface area (Å²) in [5.41, 5.74) is 0.529. The second-order valence-corrected chi connectivity index (χ2v) is 6.67.